The van der Waals surface area contributed by atoms with Crippen LogP contribution in [0.15, 0.2) is 29.3 Å². The molecule has 1 aliphatic heterocycles. The van der Waals surface area contributed by atoms with E-state index in [2.05, 4.69) is 0 Å². The first-order chi connectivity index (χ1) is 10.0. The van der Waals surface area contributed by atoms with Crippen molar-refractivity contribution in [2.75, 3.05) is 4.90 Å². The Bertz CT molecular complexity index is 680. The zero-order valence-corrected chi connectivity index (χ0v) is 11.1. The van der Waals surface area contributed by atoms with Gasteiger partial charge in [-0.05, 0) is 43.9 Å². The Morgan fingerprint density at radius 1 is 1.10 bits per heavy atom. The van der Waals surface area contributed by atoms with Crippen molar-refractivity contribution in [3.05, 3.63) is 40.7 Å². The van der Waals surface area contributed by atoms with Gasteiger partial charge in [-0.15, -0.1) is 0 Å². The van der Waals surface area contributed by atoms with Crippen molar-refractivity contribution in [2.45, 2.75) is 25.7 Å². The molecule has 2 amide bonds. The highest BCUT2D eigenvalue weighted by atomic mass is 19.1. The summed E-state index contributed by atoms with van der Waals surface area (Å²) in [5.74, 6) is -3.10. The number of hydrogen-bond acceptors (Lipinski definition) is 3. The summed E-state index contributed by atoms with van der Waals surface area (Å²) in [5, 5.41) is 8.96. The Labute approximate surface area is 119 Å². The van der Waals surface area contributed by atoms with Gasteiger partial charge in [-0.25, -0.2) is 14.1 Å². The molecule has 108 valence electrons. The number of aromatic carboxylic acids is 1. The van der Waals surface area contributed by atoms with Gasteiger partial charge in [-0.3, -0.25) is 9.59 Å². The Hall–Kier alpha value is -2.50. The lowest BCUT2D eigenvalue weighted by atomic mass is 9.93. The summed E-state index contributed by atoms with van der Waals surface area (Å²) < 4.78 is 14.0. The zero-order chi connectivity index (χ0) is 15.1. The predicted molar refractivity (Wildman–Crippen MR) is 71.3 cm³/mol. The fraction of sp³-hybridized carbons (Fsp3) is 0.267. The highest BCUT2D eigenvalue weighted by molar-refractivity contribution is 6.33. The quantitative estimate of drug-likeness (QED) is 0.847. The van der Waals surface area contributed by atoms with E-state index >= 15 is 0 Å². The molecule has 0 atom stereocenters. The minimum absolute atomic E-state index is 0.170. The van der Waals surface area contributed by atoms with Crippen LogP contribution in [0, 0.1) is 5.82 Å². The molecule has 21 heavy (non-hydrogen) atoms. The van der Waals surface area contributed by atoms with Gasteiger partial charge in [0.15, 0.2) is 0 Å². The highest BCUT2D eigenvalue weighted by Gasteiger charge is 2.40. The van der Waals surface area contributed by atoms with E-state index in [0.717, 1.165) is 35.9 Å². The summed E-state index contributed by atoms with van der Waals surface area (Å²) in [4.78, 5) is 36.4. The lowest BCUT2D eigenvalue weighted by molar-refractivity contribution is -0.120. The second-order valence-corrected chi connectivity index (χ2v) is 5.08. The van der Waals surface area contributed by atoms with Gasteiger partial charge in [-0.1, -0.05) is 0 Å². The van der Waals surface area contributed by atoms with Crippen molar-refractivity contribution in [3.63, 3.8) is 0 Å². The van der Waals surface area contributed by atoms with Gasteiger partial charge in [0.2, 0.25) is 0 Å². The molecular weight excluding hydrogens is 277 g/mol. The number of rotatable bonds is 2. The number of carbonyl (C=O) groups excluding carboxylic acids is 2. The molecule has 1 N–H and O–H groups in total. The van der Waals surface area contributed by atoms with Crippen molar-refractivity contribution in [1.29, 1.82) is 0 Å². The number of imide groups is 1. The van der Waals surface area contributed by atoms with E-state index in [-0.39, 0.29) is 11.3 Å². The first-order valence-corrected chi connectivity index (χ1v) is 6.64. The molecule has 1 heterocycles. The van der Waals surface area contributed by atoms with Crippen molar-refractivity contribution < 1.29 is 23.9 Å². The van der Waals surface area contributed by atoms with Crippen molar-refractivity contribution >= 4 is 23.5 Å². The molecule has 2 aliphatic rings. The number of halogens is 1. The smallest absolute Gasteiger partial charge is 0.335 e. The largest absolute Gasteiger partial charge is 0.478 e. The Morgan fingerprint density at radius 3 is 2.19 bits per heavy atom. The average Bonchev–Trinajstić information content (AvgIpc) is 2.72. The normalized spacial score (nSPS) is 18.2. The SMILES string of the molecule is O=C(O)c1ccc(F)c(N2C(=O)C3=C(CCCC3)C2=O)c1. The fourth-order valence-corrected chi connectivity index (χ4v) is 2.78. The number of carbonyl (C=O) groups is 3. The van der Waals surface area contributed by atoms with E-state index in [1.165, 1.54) is 0 Å². The van der Waals surface area contributed by atoms with Gasteiger partial charge < -0.3 is 5.11 Å². The minimum Gasteiger partial charge on any atom is -0.478 e. The summed E-state index contributed by atoms with van der Waals surface area (Å²) >= 11 is 0. The molecular formula is C15H12FNO4. The molecule has 5 nitrogen and oxygen atoms in total. The molecule has 1 aromatic carbocycles. The molecule has 0 unspecified atom stereocenters. The summed E-state index contributed by atoms with van der Waals surface area (Å²) in [7, 11) is 0. The van der Waals surface area contributed by atoms with Crippen LogP contribution in [0.5, 0.6) is 0 Å². The van der Waals surface area contributed by atoms with Crippen LogP contribution in [0.25, 0.3) is 0 Å². The van der Waals surface area contributed by atoms with E-state index in [9.17, 15) is 18.8 Å². The third kappa shape index (κ3) is 2.03. The fourth-order valence-electron chi connectivity index (χ4n) is 2.78. The molecule has 1 aromatic rings. The lowest BCUT2D eigenvalue weighted by Crippen LogP contribution is -2.32. The van der Waals surface area contributed by atoms with Gasteiger partial charge in [0.1, 0.15) is 5.82 Å². The maximum Gasteiger partial charge on any atom is 0.335 e. The number of amides is 2. The molecule has 0 radical (unpaired) electrons. The summed E-state index contributed by atoms with van der Waals surface area (Å²) in [6.45, 7) is 0. The molecule has 0 saturated heterocycles. The standard InChI is InChI=1S/C15H12FNO4/c16-11-6-5-8(15(20)21)7-12(11)17-13(18)9-3-1-2-4-10(9)14(17)19/h5-7H,1-4H2,(H,20,21). The molecule has 0 fully saturated rings. The van der Waals surface area contributed by atoms with Gasteiger partial charge in [0.25, 0.3) is 11.8 Å². The topological polar surface area (TPSA) is 74.7 Å². The maximum absolute atomic E-state index is 14.0. The van der Waals surface area contributed by atoms with E-state index in [4.69, 9.17) is 5.11 Å². The summed E-state index contributed by atoms with van der Waals surface area (Å²) in [5.41, 5.74) is 0.411. The number of carboxylic acids is 1. The molecule has 0 bridgehead atoms. The van der Waals surface area contributed by atoms with Gasteiger partial charge >= 0.3 is 5.97 Å². The van der Waals surface area contributed by atoms with Crippen LogP contribution in [0.1, 0.15) is 36.0 Å². The molecule has 0 spiro atoms. The Morgan fingerprint density at radius 2 is 1.67 bits per heavy atom. The van der Waals surface area contributed by atoms with Crippen LogP contribution in [0.2, 0.25) is 0 Å². The van der Waals surface area contributed by atoms with Gasteiger partial charge in [0.05, 0.1) is 11.3 Å². The van der Waals surface area contributed by atoms with Gasteiger partial charge in [-0.2, -0.15) is 0 Å². The third-order valence-electron chi connectivity index (χ3n) is 3.82. The van der Waals surface area contributed by atoms with E-state index in [1.54, 1.807) is 0 Å². The number of carboxylic acid groups (broad SMARTS) is 1. The van der Waals surface area contributed by atoms with Crippen molar-refractivity contribution in [1.82, 2.24) is 0 Å². The lowest BCUT2D eigenvalue weighted by Gasteiger charge is -2.16. The molecule has 3 rings (SSSR count). The first kappa shape index (κ1) is 13.5. The van der Waals surface area contributed by atoms with E-state index in [1.807, 2.05) is 0 Å². The molecule has 1 aliphatic carbocycles. The van der Waals surface area contributed by atoms with E-state index < -0.39 is 23.6 Å². The van der Waals surface area contributed by atoms with Crippen LogP contribution in [-0.2, 0) is 9.59 Å². The maximum atomic E-state index is 14.0. The second kappa shape index (κ2) is 4.80. The van der Waals surface area contributed by atoms with Crippen LogP contribution in [-0.4, -0.2) is 22.9 Å². The van der Waals surface area contributed by atoms with Crippen LogP contribution >= 0.6 is 0 Å². The molecule has 6 heteroatoms. The predicted octanol–water partition coefficient (Wildman–Crippen LogP) is 2.27. The molecule has 0 saturated carbocycles. The first-order valence-electron chi connectivity index (χ1n) is 6.64. The summed E-state index contributed by atoms with van der Waals surface area (Å²) in [6, 6.07) is 3.07. The zero-order valence-electron chi connectivity index (χ0n) is 11.1. The van der Waals surface area contributed by atoms with Crippen LogP contribution in [0.3, 0.4) is 0 Å². The highest BCUT2D eigenvalue weighted by Crippen LogP contribution is 2.36. The van der Waals surface area contributed by atoms with E-state index in [0.29, 0.717) is 24.0 Å². The van der Waals surface area contributed by atoms with Crippen molar-refractivity contribution in [2.24, 2.45) is 0 Å². The average molecular weight is 289 g/mol. The number of nitrogens with zero attached hydrogens (tertiary/aromatic N) is 1. The van der Waals surface area contributed by atoms with Gasteiger partial charge in [0, 0.05) is 11.1 Å². The number of benzene rings is 1. The number of hydrogen-bond donors (Lipinski definition) is 1. The monoisotopic (exact) mass is 289 g/mol. The number of anilines is 1. The second-order valence-electron chi connectivity index (χ2n) is 5.08. The minimum atomic E-state index is -1.24. The van der Waals surface area contributed by atoms with Crippen LogP contribution in [0.4, 0.5) is 10.1 Å². The third-order valence-corrected chi connectivity index (χ3v) is 3.82. The Balaban J connectivity index is 2.06. The van der Waals surface area contributed by atoms with Crippen molar-refractivity contribution in [3.8, 4) is 0 Å². The van der Waals surface area contributed by atoms with Crippen LogP contribution < -0.4 is 4.90 Å². The Kier molecular flexibility index (Phi) is 3.08. The molecule has 0 aromatic heterocycles. The summed E-state index contributed by atoms with van der Waals surface area (Å²) in [6.07, 6.45) is 2.67.